The zero-order valence-corrected chi connectivity index (χ0v) is 10.3. The average molecular weight is 239 g/mol. The largest absolute Gasteiger partial charge is 0.368 e. The normalized spacial score (nSPS) is 9.83. The van der Waals surface area contributed by atoms with Crippen LogP contribution in [0.15, 0.2) is 30.3 Å². The Kier molecular flexibility index (Phi) is 3.11. The van der Waals surface area contributed by atoms with Gasteiger partial charge in [-0.2, -0.15) is 10.2 Å². The lowest BCUT2D eigenvalue weighted by Gasteiger charge is -2.18. The molecule has 0 bridgehead atoms. The number of hydrogen-bond acceptors (Lipinski definition) is 5. The van der Waals surface area contributed by atoms with Gasteiger partial charge in [0, 0.05) is 24.5 Å². The van der Waals surface area contributed by atoms with E-state index in [1.54, 1.807) is 12.1 Å². The van der Waals surface area contributed by atoms with Crippen LogP contribution >= 0.6 is 0 Å². The van der Waals surface area contributed by atoms with Crippen LogP contribution in [-0.2, 0) is 0 Å². The van der Waals surface area contributed by atoms with Crippen molar-refractivity contribution in [2.45, 2.75) is 6.92 Å². The minimum absolute atomic E-state index is 0.255. The van der Waals surface area contributed by atoms with E-state index < -0.39 is 0 Å². The van der Waals surface area contributed by atoms with Gasteiger partial charge < -0.3 is 10.6 Å². The molecule has 2 N–H and O–H groups in total. The summed E-state index contributed by atoms with van der Waals surface area (Å²) >= 11 is 0. The van der Waals surface area contributed by atoms with Crippen molar-refractivity contribution in [3.05, 3.63) is 41.6 Å². The average Bonchev–Trinajstić information content (AvgIpc) is 2.37. The van der Waals surface area contributed by atoms with Crippen molar-refractivity contribution in [1.82, 2.24) is 9.97 Å². The molecule has 0 saturated heterocycles. The summed E-state index contributed by atoms with van der Waals surface area (Å²) in [5.41, 5.74) is 8.01. The highest BCUT2D eigenvalue weighted by Crippen LogP contribution is 2.22. The zero-order chi connectivity index (χ0) is 13.1. The number of nitrogens with two attached hydrogens (primary N) is 1. The summed E-state index contributed by atoms with van der Waals surface area (Å²) in [7, 11) is 1.89. The number of benzene rings is 1. The highest BCUT2D eigenvalue weighted by molar-refractivity contribution is 5.61. The molecule has 0 spiro atoms. The Morgan fingerprint density at radius 2 is 1.89 bits per heavy atom. The summed E-state index contributed by atoms with van der Waals surface area (Å²) in [6.45, 7) is 1.87. The highest BCUT2D eigenvalue weighted by Gasteiger charge is 2.07. The van der Waals surface area contributed by atoms with Crippen LogP contribution in [0, 0.1) is 18.3 Å². The van der Waals surface area contributed by atoms with E-state index in [-0.39, 0.29) is 5.95 Å². The first-order chi connectivity index (χ1) is 8.60. The summed E-state index contributed by atoms with van der Waals surface area (Å²) < 4.78 is 0. The Morgan fingerprint density at radius 1 is 1.22 bits per heavy atom. The number of nitrogens with zero attached hydrogens (tertiary/aromatic N) is 4. The molecule has 1 heterocycles. The molecule has 2 rings (SSSR count). The van der Waals surface area contributed by atoms with Crippen molar-refractivity contribution in [3.63, 3.8) is 0 Å². The van der Waals surface area contributed by atoms with E-state index in [2.05, 4.69) is 16.0 Å². The first kappa shape index (κ1) is 11.9. The fraction of sp³-hybridized carbons (Fsp3) is 0.154. The quantitative estimate of drug-likeness (QED) is 0.867. The second-order valence-electron chi connectivity index (χ2n) is 3.94. The van der Waals surface area contributed by atoms with E-state index in [9.17, 15) is 0 Å². The molecule has 0 saturated carbocycles. The van der Waals surface area contributed by atoms with Crippen LogP contribution < -0.4 is 10.6 Å². The maximum Gasteiger partial charge on any atom is 0.222 e. The molecule has 0 unspecified atom stereocenters. The highest BCUT2D eigenvalue weighted by atomic mass is 15.2. The van der Waals surface area contributed by atoms with Crippen LogP contribution in [-0.4, -0.2) is 17.0 Å². The number of nitrogen functional groups attached to an aromatic ring is 1. The maximum absolute atomic E-state index is 8.76. The molecule has 1 aromatic carbocycles. The lowest BCUT2D eigenvalue weighted by Crippen LogP contribution is -2.13. The van der Waals surface area contributed by atoms with E-state index in [1.165, 1.54) is 0 Å². The van der Waals surface area contributed by atoms with Gasteiger partial charge in [0.15, 0.2) is 0 Å². The fourth-order valence-electron chi connectivity index (χ4n) is 1.64. The molecule has 5 nitrogen and oxygen atoms in total. The molecule has 0 fully saturated rings. The Balaban J connectivity index is 2.35. The molecule has 0 aliphatic rings. The third kappa shape index (κ3) is 2.38. The standard InChI is InChI=1S/C13H13N5/c1-9-7-12(17-13(15)16-9)18(2)11-5-3-10(8-14)4-6-11/h3-7H,1-2H3,(H2,15,16,17). The van der Waals surface area contributed by atoms with Gasteiger partial charge in [-0.25, -0.2) is 4.98 Å². The fourth-order valence-corrected chi connectivity index (χ4v) is 1.64. The van der Waals surface area contributed by atoms with Gasteiger partial charge in [0.05, 0.1) is 11.6 Å². The number of aryl methyl sites for hydroxylation is 1. The van der Waals surface area contributed by atoms with E-state index >= 15 is 0 Å². The zero-order valence-electron chi connectivity index (χ0n) is 10.3. The van der Waals surface area contributed by atoms with Gasteiger partial charge in [0.1, 0.15) is 5.82 Å². The lowest BCUT2D eigenvalue weighted by atomic mass is 10.2. The summed E-state index contributed by atoms with van der Waals surface area (Å²) in [6, 6.07) is 11.2. The second kappa shape index (κ2) is 4.72. The predicted octanol–water partition coefficient (Wildman–Crippen LogP) is 2.01. The Bertz CT molecular complexity index is 578. The van der Waals surface area contributed by atoms with Gasteiger partial charge in [0.25, 0.3) is 0 Å². The molecule has 2 aromatic rings. The molecular formula is C13H13N5. The third-order valence-electron chi connectivity index (χ3n) is 2.59. The van der Waals surface area contributed by atoms with Crippen molar-refractivity contribution >= 4 is 17.5 Å². The van der Waals surface area contributed by atoms with Crippen LogP contribution in [0.1, 0.15) is 11.3 Å². The molecule has 0 atom stereocenters. The van der Waals surface area contributed by atoms with Crippen molar-refractivity contribution in [2.75, 3.05) is 17.7 Å². The Hall–Kier alpha value is -2.61. The lowest BCUT2D eigenvalue weighted by molar-refractivity contribution is 1.06. The van der Waals surface area contributed by atoms with Crippen molar-refractivity contribution in [1.29, 1.82) is 5.26 Å². The van der Waals surface area contributed by atoms with Gasteiger partial charge in [-0.15, -0.1) is 0 Å². The monoisotopic (exact) mass is 239 g/mol. The third-order valence-corrected chi connectivity index (χ3v) is 2.59. The van der Waals surface area contributed by atoms with Gasteiger partial charge in [0.2, 0.25) is 5.95 Å². The van der Waals surface area contributed by atoms with Gasteiger partial charge >= 0.3 is 0 Å². The molecular weight excluding hydrogens is 226 g/mol. The van der Waals surface area contributed by atoms with Crippen LogP contribution in [0.4, 0.5) is 17.5 Å². The molecule has 90 valence electrons. The van der Waals surface area contributed by atoms with Crippen molar-refractivity contribution in [3.8, 4) is 6.07 Å². The first-order valence-corrected chi connectivity index (χ1v) is 5.45. The summed E-state index contributed by atoms with van der Waals surface area (Å²) in [6.07, 6.45) is 0. The molecule has 0 aliphatic carbocycles. The smallest absolute Gasteiger partial charge is 0.222 e. The summed E-state index contributed by atoms with van der Waals surface area (Å²) in [4.78, 5) is 10.1. The SMILES string of the molecule is Cc1cc(N(C)c2ccc(C#N)cc2)nc(N)n1. The van der Waals surface area contributed by atoms with Crippen LogP contribution in [0.3, 0.4) is 0 Å². The molecule has 5 heteroatoms. The minimum atomic E-state index is 0.255. The number of rotatable bonds is 2. The van der Waals surface area contributed by atoms with Crippen molar-refractivity contribution in [2.24, 2.45) is 0 Å². The molecule has 0 amide bonds. The first-order valence-electron chi connectivity index (χ1n) is 5.45. The van der Waals surface area contributed by atoms with Crippen LogP contribution in [0.5, 0.6) is 0 Å². The number of hydrogen-bond donors (Lipinski definition) is 1. The minimum Gasteiger partial charge on any atom is -0.368 e. The van der Waals surface area contributed by atoms with E-state index in [1.807, 2.05) is 37.1 Å². The number of anilines is 3. The summed E-state index contributed by atoms with van der Waals surface area (Å²) in [5, 5.41) is 8.76. The van der Waals surface area contributed by atoms with E-state index in [0.29, 0.717) is 5.56 Å². The van der Waals surface area contributed by atoms with Crippen LogP contribution in [0.2, 0.25) is 0 Å². The van der Waals surface area contributed by atoms with E-state index in [4.69, 9.17) is 11.0 Å². The maximum atomic E-state index is 8.76. The van der Waals surface area contributed by atoms with Gasteiger partial charge in [-0.1, -0.05) is 0 Å². The molecule has 1 aromatic heterocycles. The van der Waals surface area contributed by atoms with E-state index in [0.717, 1.165) is 17.2 Å². The second-order valence-corrected chi connectivity index (χ2v) is 3.94. The van der Waals surface area contributed by atoms with Gasteiger partial charge in [-0.05, 0) is 31.2 Å². The van der Waals surface area contributed by atoms with Crippen LogP contribution in [0.25, 0.3) is 0 Å². The molecule has 0 aliphatic heterocycles. The molecule has 0 radical (unpaired) electrons. The van der Waals surface area contributed by atoms with Gasteiger partial charge in [-0.3, -0.25) is 0 Å². The molecule has 18 heavy (non-hydrogen) atoms. The predicted molar refractivity (Wildman–Crippen MR) is 70.4 cm³/mol. The van der Waals surface area contributed by atoms with Crippen molar-refractivity contribution < 1.29 is 0 Å². The Labute approximate surface area is 106 Å². The Morgan fingerprint density at radius 3 is 2.44 bits per heavy atom. The topological polar surface area (TPSA) is 78.8 Å². The summed E-state index contributed by atoms with van der Waals surface area (Å²) in [5.74, 6) is 0.982. The number of nitriles is 1. The number of aromatic nitrogens is 2.